The largest absolute Gasteiger partial charge is 0.465 e. The molecule has 0 aliphatic heterocycles. The number of nitrogens with one attached hydrogen (secondary N) is 1. The molecule has 6 nitrogen and oxygen atoms in total. The molecule has 3 N–H and O–H groups in total. The lowest BCUT2D eigenvalue weighted by atomic mass is 9.74. The summed E-state index contributed by atoms with van der Waals surface area (Å²) in [7, 11) is -2.52. The van der Waals surface area contributed by atoms with Crippen LogP contribution in [0.15, 0.2) is 23.1 Å². The van der Waals surface area contributed by atoms with E-state index in [4.69, 9.17) is 10.5 Å². The number of benzene rings is 1. The molecule has 1 fully saturated rings. The number of rotatable bonds is 5. The highest BCUT2D eigenvalue weighted by Gasteiger charge is 2.41. The molecule has 1 aromatic rings. The molecule has 2 unspecified atom stereocenters. The first-order valence-electron chi connectivity index (χ1n) is 8.19. The lowest BCUT2D eigenvalue weighted by molar-refractivity contribution is 0.0599. The number of carbonyl (C=O) groups is 1. The first kappa shape index (κ1) is 21.9. The molecule has 2 atom stereocenters. The first-order chi connectivity index (χ1) is 11.3. The third-order valence-corrected chi connectivity index (χ3v) is 6.83. The maximum absolute atomic E-state index is 13.0. The average Bonchev–Trinajstić information content (AvgIpc) is 2.56. The van der Waals surface area contributed by atoms with Crippen molar-refractivity contribution in [3.05, 3.63) is 29.3 Å². The number of esters is 1. The fourth-order valence-corrected chi connectivity index (χ4v) is 5.27. The van der Waals surface area contributed by atoms with Gasteiger partial charge in [-0.1, -0.05) is 25.8 Å². The molecule has 0 spiro atoms. The standard InChI is InChI=1S/C17H26N2O4S.ClH/c1-12-7-4-5-10-17(12,11-18)19-24(21,22)15-9-6-8-14(13(15)2)16(20)23-3;/h6,8-9,12,19H,4-5,7,10-11,18H2,1-3H3;1H. The predicted molar refractivity (Wildman–Crippen MR) is 99.5 cm³/mol. The number of methoxy groups -OCH3 is 1. The topological polar surface area (TPSA) is 98.5 Å². The second kappa shape index (κ2) is 8.49. The van der Waals surface area contributed by atoms with E-state index in [-0.39, 0.29) is 35.3 Å². The summed E-state index contributed by atoms with van der Waals surface area (Å²) in [6, 6.07) is 4.61. The van der Waals surface area contributed by atoms with Gasteiger partial charge in [0.2, 0.25) is 10.0 Å². The van der Waals surface area contributed by atoms with Gasteiger partial charge in [0.25, 0.3) is 0 Å². The number of hydrogen-bond donors (Lipinski definition) is 2. The molecule has 1 aromatic carbocycles. The SMILES string of the molecule is COC(=O)c1cccc(S(=O)(=O)NC2(CN)CCCCC2C)c1C.Cl. The summed E-state index contributed by atoms with van der Waals surface area (Å²) < 4.78 is 33.5. The van der Waals surface area contributed by atoms with E-state index >= 15 is 0 Å². The van der Waals surface area contributed by atoms with Crippen molar-refractivity contribution < 1.29 is 17.9 Å². The normalized spacial score (nSPS) is 23.6. The van der Waals surface area contributed by atoms with Gasteiger partial charge in [0.1, 0.15) is 0 Å². The summed E-state index contributed by atoms with van der Waals surface area (Å²) in [5.74, 6) is -0.390. The number of hydrogen-bond acceptors (Lipinski definition) is 5. The van der Waals surface area contributed by atoms with Crippen LogP contribution in [-0.2, 0) is 14.8 Å². The Morgan fingerprint density at radius 2 is 2.08 bits per heavy atom. The second-order valence-electron chi connectivity index (χ2n) is 6.53. The minimum Gasteiger partial charge on any atom is -0.465 e. The van der Waals surface area contributed by atoms with Crippen LogP contribution in [-0.4, -0.2) is 33.6 Å². The molecule has 1 aliphatic carbocycles. The fourth-order valence-electron chi connectivity index (χ4n) is 3.47. The zero-order chi connectivity index (χ0) is 18.0. The maximum Gasteiger partial charge on any atom is 0.338 e. The summed E-state index contributed by atoms with van der Waals surface area (Å²) in [5, 5.41) is 0. The van der Waals surface area contributed by atoms with Gasteiger partial charge >= 0.3 is 5.97 Å². The Labute approximate surface area is 156 Å². The highest BCUT2D eigenvalue weighted by molar-refractivity contribution is 7.89. The van der Waals surface area contributed by atoms with Crippen LogP contribution in [0.2, 0.25) is 0 Å². The summed E-state index contributed by atoms with van der Waals surface area (Å²) in [6.07, 6.45) is 3.70. The summed E-state index contributed by atoms with van der Waals surface area (Å²) >= 11 is 0. The molecule has 0 amide bonds. The molecule has 0 saturated heterocycles. The zero-order valence-corrected chi connectivity index (χ0v) is 16.5. The highest BCUT2D eigenvalue weighted by atomic mass is 35.5. The molecule has 0 radical (unpaired) electrons. The molecule has 142 valence electrons. The van der Waals surface area contributed by atoms with Gasteiger partial charge in [0.15, 0.2) is 0 Å². The number of carbonyl (C=O) groups excluding carboxylic acids is 1. The minimum absolute atomic E-state index is 0. The van der Waals surface area contributed by atoms with Crippen LogP contribution in [0, 0.1) is 12.8 Å². The van der Waals surface area contributed by atoms with Crippen LogP contribution >= 0.6 is 12.4 Å². The third-order valence-electron chi connectivity index (χ3n) is 5.13. The Morgan fingerprint density at radius 1 is 1.40 bits per heavy atom. The molecule has 0 bridgehead atoms. The van der Waals surface area contributed by atoms with Crippen LogP contribution < -0.4 is 10.5 Å². The average molecular weight is 391 g/mol. The first-order valence-corrected chi connectivity index (χ1v) is 9.67. The van der Waals surface area contributed by atoms with Crippen molar-refractivity contribution in [3.8, 4) is 0 Å². The van der Waals surface area contributed by atoms with Gasteiger partial charge in [-0.05, 0) is 43.4 Å². The Hall–Kier alpha value is -1.15. The van der Waals surface area contributed by atoms with E-state index in [1.54, 1.807) is 19.1 Å². The number of sulfonamides is 1. The van der Waals surface area contributed by atoms with E-state index in [0.717, 1.165) is 25.7 Å². The summed E-state index contributed by atoms with van der Waals surface area (Å²) in [4.78, 5) is 11.9. The van der Waals surface area contributed by atoms with E-state index in [2.05, 4.69) is 4.72 Å². The van der Waals surface area contributed by atoms with E-state index in [0.29, 0.717) is 5.56 Å². The van der Waals surface area contributed by atoms with Crippen molar-refractivity contribution in [1.82, 2.24) is 4.72 Å². The van der Waals surface area contributed by atoms with E-state index in [1.807, 2.05) is 6.92 Å². The van der Waals surface area contributed by atoms with E-state index in [1.165, 1.54) is 13.2 Å². The van der Waals surface area contributed by atoms with Crippen LogP contribution in [0.5, 0.6) is 0 Å². The lowest BCUT2D eigenvalue weighted by Gasteiger charge is -2.42. The summed E-state index contributed by atoms with van der Waals surface area (Å²) in [5.41, 5.74) is 5.95. The van der Waals surface area contributed by atoms with Gasteiger partial charge in [0, 0.05) is 12.1 Å². The van der Waals surface area contributed by atoms with Crippen LogP contribution in [0.1, 0.15) is 48.5 Å². The van der Waals surface area contributed by atoms with Crippen LogP contribution in [0.4, 0.5) is 0 Å². The van der Waals surface area contributed by atoms with Crippen LogP contribution in [0.3, 0.4) is 0 Å². The Kier molecular flexibility index (Phi) is 7.43. The van der Waals surface area contributed by atoms with Gasteiger partial charge in [0.05, 0.1) is 17.6 Å². The van der Waals surface area contributed by atoms with Gasteiger partial charge in [-0.2, -0.15) is 0 Å². The van der Waals surface area contributed by atoms with Crippen molar-refractivity contribution in [3.63, 3.8) is 0 Å². The van der Waals surface area contributed by atoms with Gasteiger partial charge in [-0.3, -0.25) is 0 Å². The number of ether oxygens (including phenoxy) is 1. The Balaban J connectivity index is 0.00000312. The lowest BCUT2D eigenvalue weighted by Crippen LogP contribution is -2.59. The van der Waals surface area contributed by atoms with Gasteiger partial charge in [-0.25, -0.2) is 17.9 Å². The highest BCUT2D eigenvalue weighted by Crippen LogP contribution is 2.34. The molecule has 0 aromatic heterocycles. The zero-order valence-electron chi connectivity index (χ0n) is 14.9. The smallest absolute Gasteiger partial charge is 0.338 e. The third kappa shape index (κ3) is 4.34. The van der Waals surface area contributed by atoms with Crippen molar-refractivity contribution in [2.24, 2.45) is 11.7 Å². The van der Waals surface area contributed by atoms with Gasteiger partial charge in [-0.15, -0.1) is 12.4 Å². The number of halogens is 1. The van der Waals surface area contributed by atoms with Crippen LogP contribution in [0.25, 0.3) is 0 Å². The monoisotopic (exact) mass is 390 g/mol. The quantitative estimate of drug-likeness (QED) is 0.752. The molecule has 25 heavy (non-hydrogen) atoms. The Morgan fingerprint density at radius 3 is 2.64 bits per heavy atom. The molecule has 1 aliphatic rings. The molecule has 8 heteroatoms. The fraction of sp³-hybridized carbons (Fsp3) is 0.588. The van der Waals surface area contributed by atoms with Crippen molar-refractivity contribution in [2.75, 3.05) is 13.7 Å². The summed E-state index contributed by atoms with van der Waals surface area (Å²) in [6.45, 7) is 3.90. The van der Waals surface area contributed by atoms with Crippen molar-refractivity contribution in [2.45, 2.75) is 50.0 Å². The van der Waals surface area contributed by atoms with E-state index in [9.17, 15) is 13.2 Å². The maximum atomic E-state index is 13.0. The van der Waals surface area contributed by atoms with Crippen molar-refractivity contribution in [1.29, 1.82) is 0 Å². The molecular formula is C17H27ClN2O4S. The van der Waals surface area contributed by atoms with E-state index < -0.39 is 21.5 Å². The molecule has 1 saturated carbocycles. The second-order valence-corrected chi connectivity index (χ2v) is 8.18. The van der Waals surface area contributed by atoms with Gasteiger partial charge < -0.3 is 10.5 Å². The Bertz CT molecular complexity index is 723. The predicted octanol–water partition coefficient (Wildman–Crippen LogP) is 2.39. The molecule has 0 heterocycles. The molecule has 2 rings (SSSR count). The minimum atomic E-state index is -3.80. The number of nitrogens with two attached hydrogens (primary N) is 1. The molecular weight excluding hydrogens is 364 g/mol. The van der Waals surface area contributed by atoms with Crippen molar-refractivity contribution >= 4 is 28.4 Å².